The summed E-state index contributed by atoms with van der Waals surface area (Å²) in [6.07, 6.45) is 1.17. The van der Waals surface area contributed by atoms with Gasteiger partial charge in [0.2, 0.25) is 0 Å². The van der Waals surface area contributed by atoms with Crippen molar-refractivity contribution in [3.63, 3.8) is 0 Å². The number of hydrogen-bond acceptors (Lipinski definition) is 5. The van der Waals surface area contributed by atoms with E-state index in [1.165, 1.54) is 12.1 Å². The Labute approximate surface area is 150 Å². The van der Waals surface area contributed by atoms with Crippen LogP contribution in [-0.2, 0) is 11.2 Å². The molecule has 0 saturated carbocycles. The Bertz CT molecular complexity index is 781. The van der Waals surface area contributed by atoms with Gasteiger partial charge in [-0.15, -0.1) is 0 Å². The highest BCUT2D eigenvalue weighted by Crippen LogP contribution is 2.37. The molecule has 1 aliphatic heterocycles. The molecule has 2 aromatic rings. The summed E-state index contributed by atoms with van der Waals surface area (Å²) in [7, 11) is 0. The van der Waals surface area contributed by atoms with E-state index in [1.54, 1.807) is 24.3 Å². The first-order valence-electron chi connectivity index (χ1n) is 7.83. The highest BCUT2D eigenvalue weighted by molar-refractivity contribution is 6.32. The summed E-state index contributed by atoms with van der Waals surface area (Å²) in [5.41, 5.74) is 0.464. The third-order valence-corrected chi connectivity index (χ3v) is 4.48. The third kappa shape index (κ3) is 3.93. The van der Waals surface area contributed by atoms with Crippen molar-refractivity contribution >= 4 is 23.3 Å². The molecule has 0 saturated heterocycles. The lowest BCUT2D eigenvalue weighted by atomic mass is 9.93. The van der Waals surface area contributed by atoms with E-state index in [0.29, 0.717) is 24.2 Å². The van der Waals surface area contributed by atoms with Crippen molar-refractivity contribution in [2.75, 3.05) is 6.61 Å². The summed E-state index contributed by atoms with van der Waals surface area (Å²) in [5, 5.41) is 20.8. The Balaban J connectivity index is 1.70. The Kier molecular flexibility index (Phi) is 4.96. The van der Waals surface area contributed by atoms with E-state index in [1.807, 2.05) is 13.0 Å². The number of rotatable bonds is 4. The molecule has 1 N–H and O–H groups in total. The van der Waals surface area contributed by atoms with Gasteiger partial charge in [0.05, 0.1) is 5.56 Å². The van der Waals surface area contributed by atoms with Gasteiger partial charge in [-0.25, -0.2) is 4.79 Å². The number of benzene rings is 2. The molecule has 6 nitrogen and oxygen atoms in total. The molecular formula is C18H17ClNO5-. The molecule has 0 amide bonds. The normalized spacial score (nSPS) is 19.2. The first-order chi connectivity index (χ1) is 11.9. The number of nitrogens with one attached hydrogen (secondary N) is 1. The SMILES string of the molecule is CC1(COC(=O)c2ccccc2)CCc2cc([NH+]([O-])[O-])c(Cl)cc2O1. The van der Waals surface area contributed by atoms with Crippen LogP contribution in [0.1, 0.15) is 29.3 Å². The minimum atomic E-state index is -1.32. The van der Waals surface area contributed by atoms with Crippen molar-refractivity contribution in [3.05, 3.63) is 69.0 Å². The molecule has 1 unspecified atom stereocenters. The highest BCUT2D eigenvalue weighted by Gasteiger charge is 2.34. The average Bonchev–Trinajstić information content (AvgIpc) is 2.59. The second kappa shape index (κ2) is 7.01. The predicted molar refractivity (Wildman–Crippen MR) is 92.9 cm³/mol. The maximum atomic E-state index is 12.1. The maximum Gasteiger partial charge on any atom is 0.338 e. The summed E-state index contributed by atoms with van der Waals surface area (Å²) in [4.78, 5) is 12.1. The van der Waals surface area contributed by atoms with Crippen molar-refractivity contribution in [1.29, 1.82) is 0 Å². The van der Waals surface area contributed by atoms with Crippen LogP contribution < -0.4 is 9.96 Å². The van der Waals surface area contributed by atoms with Gasteiger partial charge in [0.1, 0.15) is 23.0 Å². The molecule has 2 aromatic carbocycles. The lowest BCUT2D eigenvalue weighted by Gasteiger charge is -2.36. The van der Waals surface area contributed by atoms with Gasteiger partial charge >= 0.3 is 5.97 Å². The smallest absolute Gasteiger partial charge is 0.338 e. The van der Waals surface area contributed by atoms with Crippen molar-refractivity contribution in [3.8, 4) is 5.75 Å². The second-order valence-corrected chi connectivity index (χ2v) is 6.63. The van der Waals surface area contributed by atoms with E-state index in [2.05, 4.69) is 0 Å². The maximum absolute atomic E-state index is 12.1. The van der Waals surface area contributed by atoms with Crippen LogP contribution in [-0.4, -0.2) is 18.2 Å². The molecule has 7 heteroatoms. The molecule has 0 aromatic heterocycles. The minimum Gasteiger partial charge on any atom is -0.628 e. The number of aryl methyl sites for hydroxylation is 1. The number of carbonyl (C=O) groups is 1. The van der Waals surface area contributed by atoms with Crippen molar-refractivity contribution < 1.29 is 19.5 Å². The van der Waals surface area contributed by atoms with Gasteiger partial charge in [-0.05, 0) is 31.9 Å². The molecule has 0 aliphatic carbocycles. The number of ether oxygens (including phenoxy) is 2. The Morgan fingerprint density at radius 1 is 1.32 bits per heavy atom. The van der Waals surface area contributed by atoms with Crippen LogP contribution >= 0.6 is 11.6 Å². The highest BCUT2D eigenvalue weighted by atomic mass is 35.5. The van der Waals surface area contributed by atoms with E-state index in [4.69, 9.17) is 21.1 Å². The molecule has 132 valence electrons. The van der Waals surface area contributed by atoms with Gasteiger partial charge in [-0.2, -0.15) is 0 Å². The van der Waals surface area contributed by atoms with Crippen molar-refractivity contribution in [2.24, 2.45) is 0 Å². The van der Waals surface area contributed by atoms with Gasteiger partial charge in [0, 0.05) is 17.7 Å². The van der Waals surface area contributed by atoms with E-state index in [9.17, 15) is 15.2 Å². The van der Waals surface area contributed by atoms with E-state index in [-0.39, 0.29) is 17.3 Å². The molecule has 25 heavy (non-hydrogen) atoms. The van der Waals surface area contributed by atoms with Gasteiger partial charge in [-0.1, -0.05) is 29.8 Å². The van der Waals surface area contributed by atoms with E-state index in [0.717, 1.165) is 5.56 Å². The van der Waals surface area contributed by atoms with Crippen LogP contribution in [0.3, 0.4) is 0 Å². The number of hydrogen-bond donors (Lipinski definition) is 1. The average molecular weight is 363 g/mol. The summed E-state index contributed by atoms with van der Waals surface area (Å²) in [6, 6.07) is 11.7. The number of esters is 1. The lowest BCUT2D eigenvalue weighted by Crippen LogP contribution is -2.96. The summed E-state index contributed by atoms with van der Waals surface area (Å²) in [6.45, 7) is 1.93. The minimum absolute atomic E-state index is 0.0527. The molecule has 0 bridgehead atoms. The fraction of sp³-hybridized carbons (Fsp3) is 0.278. The molecule has 3 rings (SSSR count). The fourth-order valence-corrected chi connectivity index (χ4v) is 2.97. The molecule has 0 spiro atoms. The van der Waals surface area contributed by atoms with Crippen LogP contribution in [0.2, 0.25) is 5.02 Å². The molecular weight excluding hydrogens is 346 g/mol. The first-order valence-corrected chi connectivity index (χ1v) is 8.21. The quantitative estimate of drug-likeness (QED) is 0.667. The summed E-state index contributed by atoms with van der Waals surface area (Å²) < 4.78 is 11.3. The van der Waals surface area contributed by atoms with Crippen LogP contribution in [0, 0.1) is 10.4 Å². The van der Waals surface area contributed by atoms with Gasteiger partial charge < -0.3 is 25.1 Å². The Morgan fingerprint density at radius 2 is 2.04 bits per heavy atom. The first kappa shape index (κ1) is 17.7. The molecule has 1 heterocycles. The molecule has 1 atom stereocenters. The monoisotopic (exact) mass is 362 g/mol. The second-order valence-electron chi connectivity index (χ2n) is 6.22. The number of fused-ring (bicyclic) bond motifs is 1. The number of halogens is 1. The van der Waals surface area contributed by atoms with Gasteiger partial charge in [-0.3, -0.25) is 0 Å². The largest absolute Gasteiger partial charge is 0.628 e. The standard InChI is InChI=1S/C18H17ClNO5/c1-18(11-24-17(21)12-5-3-2-4-6-12)8-7-13-9-15(20(22)23)14(19)10-16(13)25-18/h2-6,9-10,20H,7-8,11H2,1H3/q-1. The molecule has 0 radical (unpaired) electrons. The van der Waals surface area contributed by atoms with Crippen LogP contribution in [0.15, 0.2) is 42.5 Å². The van der Waals surface area contributed by atoms with Crippen LogP contribution in [0.5, 0.6) is 5.75 Å². The summed E-state index contributed by atoms with van der Waals surface area (Å²) >= 11 is 5.97. The third-order valence-electron chi connectivity index (χ3n) is 4.17. The zero-order valence-electron chi connectivity index (χ0n) is 13.6. The van der Waals surface area contributed by atoms with Crippen molar-refractivity contribution in [2.45, 2.75) is 25.4 Å². The fourth-order valence-electron chi connectivity index (χ4n) is 2.74. The lowest BCUT2D eigenvalue weighted by molar-refractivity contribution is -0.715. The molecule has 0 fully saturated rings. The molecule has 1 aliphatic rings. The van der Waals surface area contributed by atoms with Gasteiger partial charge in [0.15, 0.2) is 5.69 Å². The topological polar surface area (TPSA) is 86.1 Å². The Morgan fingerprint density at radius 3 is 2.72 bits per heavy atom. The summed E-state index contributed by atoms with van der Waals surface area (Å²) in [5.74, 6) is 0.0843. The Hall–Kier alpha value is -2.12. The van der Waals surface area contributed by atoms with Crippen LogP contribution in [0.4, 0.5) is 5.69 Å². The van der Waals surface area contributed by atoms with Gasteiger partial charge in [0.25, 0.3) is 0 Å². The zero-order valence-corrected chi connectivity index (χ0v) is 14.3. The number of quaternary nitrogens is 1. The zero-order chi connectivity index (χ0) is 18.0. The number of carbonyl (C=O) groups excluding carboxylic acids is 1. The van der Waals surface area contributed by atoms with Crippen molar-refractivity contribution in [1.82, 2.24) is 0 Å². The van der Waals surface area contributed by atoms with E-state index < -0.39 is 16.8 Å². The van der Waals surface area contributed by atoms with Crippen LogP contribution in [0.25, 0.3) is 0 Å². The van der Waals surface area contributed by atoms with E-state index >= 15 is 0 Å². The predicted octanol–water partition coefficient (Wildman–Crippen LogP) is 2.79.